The van der Waals surface area contributed by atoms with Gasteiger partial charge >= 0.3 is 6.03 Å². The predicted molar refractivity (Wildman–Crippen MR) is 39.9 cm³/mol. The lowest BCUT2D eigenvalue weighted by atomic mass is 10.2. The van der Waals surface area contributed by atoms with Crippen LogP contribution in [0.15, 0.2) is 0 Å². The Kier molecular flexibility index (Phi) is 2.29. The number of imide groups is 1. The second-order valence-corrected chi connectivity index (χ2v) is 2.63. The number of nitrogens with one attached hydrogen (secondary N) is 1. The zero-order valence-corrected chi connectivity index (χ0v) is 6.70. The molecule has 1 unspecified atom stereocenters. The topological polar surface area (TPSA) is 73.2 Å². The smallest absolute Gasteiger partial charge is 0.324 e. The summed E-state index contributed by atoms with van der Waals surface area (Å²) in [6.45, 7) is 1.72. The standard InChI is InChI=1S/C7H9N3O2/c1-5(2-3-8)10-6(11)4-9-7(10)12/h5H,2,4H2,1H3,(H,9,12). The molecule has 64 valence electrons. The van der Waals surface area contributed by atoms with E-state index in [0.717, 1.165) is 4.90 Å². The van der Waals surface area contributed by atoms with Crippen molar-refractivity contribution < 1.29 is 9.59 Å². The molecule has 0 bridgehead atoms. The second-order valence-electron chi connectivity index (χ2n) is 2.63. The number of urea groups is 1. The maximum Gasteiger partial charge on any atom is 0.324 e. The summed E-state index contributed by atoms with van der Waals surface area (Å²) in [6, 6.07) is 1.18. The Balaban J connectivity index is 2.67. The number of nitrogens with zero attached hydrogens (tertiary/aromatic N) is 2. The first kappa shape index (κ1) is 8.53. The second kappa shape index (κ2) is 3.22. The fourth-order valence-electron chi connectivity index (χ4n) is 1.10. The van der Waals surface area contributed by atoms with Crippen LogP contribution in [-0.4, -0.2) is 29.4 Å². The summed E-state index contributed by atoms with van der Waals surface area (Å²) in [5.41, 5.74) is 0. The van der Waals surface area contributed by atoms with Gasteiger partial charge in [-0.05, 0) is 6.92 Å². The molecule has 1 fully saturated rings. The average molecular weight is 167 g/mol. The largest absolute Gasteiger partial charge is 0.329 e. The monoisotopic (exact) mass is 167 g/mol. The van der Waals surface area contributed by atoms with Crippen molar-refractivity contribution in [1.29, 1.82) is 5.26 Å². The van der Waals surface area contributed by atoms with E-state index in [-0.39, 0.29) is 24.9 Å². The quantitative estimate of drug-likeness (QED) is 0.581. The van der Waals surface area contributed by atoms with Crippen LogP contribution in [0.4, 0.5) is 4.79 Å². The van der Waals surface area contributed by atoms with E-state index < -0.39 is 6.03 Å². The minimum atomic E-state index is -0.400. The Bertz CT molecular complexity index is 240. The summed E-state index contributed by atoms with van der Waals surface area (Å²) in [7, 11) is 0. The molecule has 1 saturated heterocycles. The van der Waals surface area contributed by atoms with Crippen molar-refractivity contribution in [3.63, 3.8) is 0 Å². The zero-order chi connectivity index (χ0) is 9.14. The van der Waals surface area contributed by atoms with Crippen LogP contribution in [0.1, 0.15) is 13.3 Å². The van der Waals surface area contributed by atoms with Crippen molar-refractivity contribution in [2.75, 3.05) is 6.54 Å². The van der Waals surface area contributed by atoms with Crippen LogP contribution in [0.3, 0.4) is 0 Å². The Morgan fingerprint density at radius 2 is 2.42 bits per heavy atom. The molecule has 12 heavy (non-hydrogen) atoms. The first-order valence-electron chi connectivity index (χ1n) is 3.63. The molecule has 0 radical (unpaired) electrons. The van der Waals surface area contributed by atoms with Crippen molar-refractivity contribution in [3.05, 3.63) is 0 Å². The number of carbonyl (C=O) groups is 2. The molecular weight excluding hydrogens is 158 g/mol. The van der Waals surface area contributed by atoms with Gasteiger partial charge in [-0.25, -0.2) is 4.79 Å². The van der Waals surface area contributed by atoms with E-state index in [1.807, 2.05) is 6.07 Å². The van der Waals surface area contributed by atoms with E-state index >= 15 is 0 Å². The van der Waals surface area contributed by atoms with Gasteiger partial charge in [0.25, 0.3) is 0 Å². The van der Waals surface area contributed by atoms with Crippen molar-refractivity contribution in [2.45, 2.75) is 19.4 Å². The molecule has 1 atom stereocenters. The lowest BCUT2D eigenvalue weighted by Gasteiger charge is -2.17. The molecular formula is C7H9N3O2. The molecule has 0 aromatic carbocycles. The minimum Gasteiger partial charge on any atom is -0.329 e. The fraction of sp³-hybridized carbons (Fsp3) is 0.571. The van der Waals surface area contributed by atoms with Crippen LogP contribution in [0.5, 0.6) is 0 Å². The Morgan fingerprint density at radius 1 is 1.75 bits per heavy atom. The minimum absolute atomic E-state index is 0.0502. The third-order valence-corrected chi connectivity index (χ3v) is 1.71. The molecule has 5 nitrogen and oxygen atoms in total. The molecule has 0 spiro atoms. The number of amides is 3. The number of carbonyl (C=O) groups excluding carboxylic acids is 2. The summed E-state index contributed by atoms with van der Waals surface area (Å²) >= 11 is 0. The SMILES string of the molecule is CC(CC#N)N1C(=O)CNC1=O. The van der Waals surface area contributed by atoms with E-state index in [1.165, 1.54) is 0 Å². The van der Waals surface area contributed by atoms with Crippen LogP contribution < -0.4 is 5.32 Å². The number of hydrogen-bond acceptors (Lipinski definition) is 3. The molecule has 1 rings (SSSR count). The van der Waals surface area contributed by atoms with Gasteiger partial charge in [0.1, 0.15) is 0 Å². The van der Waals surface area contributed by atoms with Crippen molar-refractivity contribution in [1.82, 2.24) is 10.2 Å². The van der Waals surface area contributed by atoms with Gasteiger partial charge in [0.15, 0.2) is 0 Å². The van der Waals surface area contributed by atoms with Crippen LogP contribution in [0.25, 0.3) is 0 Å². The van der Waals surface area contributed by atoms with Crippen molar-refractivity contribution in [2.24, 2.45) is 0 Å². The van der Waals surface area contributed by atoms with Gasteiger partial charge in [-0.15, -0.1) is 0 Å². The highest BCUT2D eigenvalue weighted by molar-refractivity contribution is 6.02. The van der Waals surface area contributed by atoms with Gasteiger partial charge in [-0.3, -0.25) is 9.69 Å². The third kappa shape index (κ3) is 1.37. The summed E-state index contributed by atoms with van der Waals surface area (Å²) in [5, 5.41) is 10.7. The molecule has 0 saturated carbocycles. The Morgan fingerprint density at radius 3 is 2.83 bits per heavy atom. The number of nitriles is 1. The maximum atomic E-state index is 11.0. The molecule has 3 amide bonds. The summed E-state index contributed by atoms with van der Waals surface area (Å²) < 4.78 is 0. The highest BCUT2D eigenvalue weighted by Gasteiger charge is 2.32. The van der Waals surface area contributed by atoms with Crippen molar-refractivity contribution in [3.8, 4) is 6.07 Å². The van der Waals surface area contributed by atoms with Crippen LogP contribution in [0.2, 0.25) is 0 Å². The lowest BCUT2D eigenvalue weighted by Crippen LogP contribution is -2.38. The van der Waals surface area contributed by atoms with E-state index in [0.29, 0.717) is 0 Å². The fourth-order valence-corrected chi connectivity index (χ4v) is 1.10. The van der Waals surface area contributed by atoms with Gasteiger partial charge in [0, 0.05) is 0 Å². The van der Waals surface area contributed by atoms with E-state index in [4.69, 9.17) is 5.26 Å². The first-order valence-corrected chi connectivity index (χ1v) is 3.63. The highest BCUT2D eigenvalue weighted by atomic mass is 16.2. The zero-order valence-electron chi connectivity index (χ0n) is 6.70. The van der Waals surface area contributed by atoms with E-state index in [1.54, 1.807) is 6.92 Å². The molecule has 1 aliphatic heterocycles. The number of rotatable bonds is 2. The summed E-state index contributed by atoms with van der Waals surface area (Å²) in [6.07, 6.45) is 0.180. The van der Waals surface area contributed by atoms with Gasteiger partial charge in [0.2, 0.25) is 5.91 Å². The van der Waals surface area contributed by atoms with Crippen LogP contribution in [-0.2, 0) is 4.79 Å². The van der Waals surface area contributed by atoms with Gasteiger partial charge in [-0.1, -0.05) is 0 Å². The lowest BCUT2D eigenvalue weighted by molar-refractivity contribution is -0.126. The molecule has 1 aliphatic rings. The molecule has 0 aliphatic carbocycles. The molecule has 1 N–H and O–H groups in total. The molecule has 5 heteroatoms. The third-order valence-electron chi connectivity index (χ3n) is 1.71. The average Bonchev–Trinajstić information content (AvgIpc) is 2.32. The number of hydrogen-bond donors (Lipinski definition) is 1. The van der Waals surface area contributed by atoms with Crippen LogP contribution >= 0.6 is 0 Å². The van der Waals surface area contributed by atoms with Crippen LogP contribution in [0, 0.1) is 11.3 Å². The predicted octanol–water partition coefficient (Wildman–Crippen LogP) is -0.160. The van der Waals surface area contributed by atoms with E-state index in [9.17, 15) is 9.59 Å². The van der Waals surface area contributed by atoms with Gasteiger partial charge in [0.05, 0.1) is 25.1 Å². The van der Waals surface area contributed by atoms with Gasteiger partial charge in [-0.2, -0.15) is 5.26 Å². The van der Waals surface area contributed by atoms with Gasteiger partial charge < -0.3 is 5.32 Å². The van der Waals surface area contributed by atoms with E-state index in [2.05, 4.69) is 5.32 Å². The summed E-state index contributed by atoms with van der Waals surface area (Å²) in [4.78, 5) is 23.1. The Labute approximate surface area is 69.9 Å². The summed E-state index contributed by atoms with van der Waals surface area (Å²) in [5.74, 6) is -0.261. The first-order chi connectivity index (χ1) is 5.66. The maximum absolute atomic E-state index is 11.0. The molecule has 0 aromatic heterocycles. The highest BCUT2D eigenvalue weighted by Crippen LogP contribution is 2.07. The normalized spacial score (nSPS) is 18.8. The molecule has 0 aromatic rings. The molecule has 1 heterocycles. The van der Waals surface area contributed by atoms with Crippen molar-refractivity contribution >= 4 is 11.9 Å². The Hall–Kier alpha value is -1.57.